The molecule has 2 rings (SSSR count). The van der Waals surface area contributed by atoms with Crippen LogP contribution in [-0.4, -0.2) is 18.4 Å². The number of nitrogens with two attached hydrogens (primary N) is 1. The van der Waals surface area contributed by atoms with Gasteiger partial charge < -0.3 is 10.6 Å². The van der Waals surface area contributed by atoms with Crippen LogP contribution in [0.4, 0.5) is 14.5 Å². The predicted octanol–water partition coefficient (Wildman–Crippen LogP) is 2.63. The van der Waals surface area contributed by atoms with E-state index in [0.717, 1.165) is 31.4 Å². The van der Waals surface area contributed by atoms with Gasteiger partial charge in [0.05, 0.1) is 0 Å². The third kappa shape index (κ3) is 2.44. The second-order valence-electron chi connectivity index (χ2n) is 4.63. The van der Waals surface area contributed by atoms with Crippen LogP contribution >= 0.6 is 0 Å². The Morgan fingerprint density at radius 2 is 1.94 bits per heavy atom. The van der Waals surface area contributed by atoms with Gasteiger partial charge in [-0.05, 0) is 31.4 Å². The molecule has 0 aromatic heterocycles. The Morgan fingerprint density at radius 3 is 2.33 bits per heavy atom. The Morgan fingerprint density at radius 1 is 1.39 bits per heavy atom. The average molecular weight is 253 g/mol. The van der Waals surface area contributed by atoms with Crippen LogP contribution in [0.2, 0.25) is 0 Å². The summed E-state index contributed by atoms with van der Waals surface area (Å²) in [5.74, 6) is -1.60. The van der Waals surface area contributed by atoms with Crippen molar-refractivity contribution in [3.8, 4) is 0 Å². The molecule has 1 aliphatic rings. The first-order valence-corrected chi connectivity index (χ1v) is 6.14. The lowest BCUT2D eigenvalue weighted by molar-refractivity contribution is 0.567. The lowest BCUT2D eigenvalue weighted by Crippen LogP contribution is -2.28. The summed E-state index contributed by atoms with van der Waals surface area (Å²) in [5.41, 5.74) is 5.35. The first-order chi connectivity index (χ1) is 8.54. The Bertz CT molecular complexity index is 446. The highest BCUT2D eigenvalue weighted by atomic mass is 19.1. The van der Waals surface area contributed by atoms with Crippen LogP contribution in [0.5, 0.6) is 0 Å². The molecule has 1 aromatic carbocycles. The summed E-state index contributed by atoms with van der Waals surface area (Å²) in [6.45, 7) is 2.62. The van der Waals surface area contributed by atoms with Gasteiger partial charge in [-0.1, -0.05) is 6.92 Å². The van der Waals surface area contributed by atoms with Gasteiger partial charge in [0, 0.05) is 18.2 Å². The van der Waals surface area contributed by atoms with E-state index in [-0.39, 0.29) is 23.1 Å². The van der Waals surface area contributed by atoms with Crippen molar-refractivity contribution in [1.29, 1.82) is 5.41 Å². The smallest absolute Gasteiger partial charge is 0.150 e. The first kappa shape index (κ1) is 12.8. The highest BCUT2D eigenvalue weighted by molar-refractivity contribution is 5.95. The quantitative estimate of drug-likeness (QED) is 0.626. The van der Waals surface area contributed by atoms with E-state index in [0.29, 0.717) is 6.54 Å². The minimum absolute atomic E-state index is 0.0179. The van der Waals surface area contributed by atoms with E-state index in [1.165, 1.54) is 0 Å². The summed E-state index contributed by atoms with van der Waals surface area (Å²) in [6.07, 6.45) is 2.80. The Labute approximate surface area is 105 Å². The van der Waals surface area contributed by atoms with Crippen molar-refractivity contribution in [2.75, 3.05) is 11.4 Å². The number of benzene rings is 1. The Balaban J connectivity index is 2.39. The van der Waals surface area contributed by atoms with Crippen LogP contribution in [0, 0.1) is 17.0 Å². The standard InChI is InChI=1S/C13H17F2N3/c1-2-5-18(9-3-4-9)12-10(14)6-8(13(16)17)7-11(12)15/h6-7,9H,2-5H2,1H3,(H3,16,17). The van der Waals surface area contributed by atoms with Crippen molar-refractivity contribution in [2.45, 2.75) is 32.2 Å². The van der Waals surface area contributed by atoms with Gasteiger partial charge in [0.1, 0.15) is 23.2 Å². The zero-order valence-electron chi connectivity index (χ0n) is 10.3. The van der Waals surface area contributed by atoms with Crippen molar-refractivity contribution < 1.29 is 8.78 Å². The van der Waals surface area contributed by atoms with Gasteiger partial charge >= 0.3 is 0 Å². The van der Waals surface area contributed by atoms with Crippen LogP contribution in [0.3, 0.4) is 0 Å². The molecular weight excluding hydrogens is 236 g/mol. The number of nitrogen functional groups attached to an aromatic ring is 1. The Kier molecular flexibility index (Phi) is 3.50. The van der Waals surface area contributed by atoms with Gasteiger partial charge in [-0.15, -0.1) is 0 Å². The molecule has 0 bridgehead atoms. The summed E-state index contributed by atoms with van der Waals surface area (Å²) >= 11 is 0. The van der Waals surface area contributed by atoms with Crippen LogP contribution in [-0.2, 0) is 0 Å². The maximum absolute atomic E-state index is 14.0. The van der Waals surface area contributed by atoms with Crippen molar-refractivity contribution in [3.63, 3.8) is 0 Å². The molecule has 3 N–H and O–H groups in total. The fourth-order valence-electron chi connectivity index (χ4n) is 2.10. The van der Waals surface area contributed by atoms with E-state index in [2.05, 4.69) is 0 Å². The summed E-state index contributed by atoms with van der Waals surface area (Å²) in [7, 11) is 0. The SMILES string of the molecule is CCCN(c1c(F)cc(C(=N)N)cc1F)C1CC1. The first-order valence-electron chi connectivity index (χ1n) is 6.14. The summed E-state index contributed by atoms with van der Waals surface area (Å²) < 4.78 is 28.0. The van der Waals surface area contributed by atoms with E-state index in [1.807, 2.05) is 6.92 Å². The van der Waals surface area contributed by atoms with Crippen molar-refractivity contribution >= 4 is 11.5 Å². The Hall–Kier alpha value is -1.65. The molecule has 0 unspecified atom stereocenters. The molecule has 3 nitrogen and oxygen atoms in total. The summed E-state index contributed by atoms with van der Waals surface area (Å²) in [6, 6.07) is 2.51. The number of nitrogens with one attached hydrogen (secondary N) is 1. The molecular formula is C13H17F2N3. The molecule has 0 amide bonds. The largest absolute Gasteiger partial charge is 0.384 e. The van der Waals surface area contributed by atoms with Crippen LogP contribution < -0.4 is 10.6 Å². The third-order valence-electron chi connectivity index (χ3n) is 3.07. The molecule has 0 saturated heterocycles. The second kappa shape index (κ2) is 4.92. The lowest BCUT2D eigenvalue weighted by Gasteiger charge is -2.25. The average Bonchev–Trinajstić information content (AvgIpc) is 3.10. The minimum Gasteiger partial charge on any atom is -0.384 e. The molecule has 1 fully saturated rings. The highest BCUT2D eigenvalue weighted by Gasteiger charge is 2.32. The maximum Gasteiger partial charge on any atom is 0.150 e. The number of nitrogens with zero attached hydrogens (tertiary/aromatic N) is 1. The van der Waals surface area contributed by atoms with E-state index in [4.69, 9.17) is 11.1 Å². The summed E-state index contributed by atoms with van der Waals surface area (Å²) in [5, 5.41) is 7.22. The van der Waals surface area contributed by atoms with Crippen LogP contribution in [0.25, 0.3) is 0 Å². The molecule has 1 saturated carbocycles. The molecule has 0 atom stereocenters. The predicted molar refractivity (Wildman–Crippen MR) is 68.0 cm³/mol. The molecule has 18 heavy (non-hydrogen) atoms. The van der Waals surface area contributed by atoms with Gasteiger partial charge in [-0.2, -0.15) is 0 Å². The molecule has 1 aliphatic carbocycles. The fourth-order valence-corrected chi connectivity index (χ4v) is 2.10. The number of rotatable bonds is 5. The van der Waals surface area contributed by atoms with Gasteiger partial charge in [0.15, 0.2) is 0 Å². The molecule has 5 heteroatoms. The van der Waals surface area contributed by atoms with E-state index >= 15 is 0 Å². The molecule has 0 heterocycles. The number of anilines is 1. The highest BCUT2D eigenvalue weighted by Crippen LogP contribution is 2.35. The lowest BCUT2D eigenvalue weighted by atomic mass is 10.1. The van der Waals surface area contributed by atoms with Gasteiger partial charge in [0.2, 0.25) is 0 Å². The van der Waals surface area contributed by atoms with E-state index < -0.39 is 11.6 Å². The van der Waals surface area contributed by atoms with Crippen molar-refractivity contribution in [3.05, 3.63) is 29.3 Å². The fraction of sp³-hybridized carbons (Fsp3) is 0.462. The zero-order chi connectivity index (χ0) is 13.3. The second-order valence-corrected chi connectivity index (χ2v) is 4.63. The minimum atomic E-state index is -0.638. The topological polar surface area (TPSA) is 53.1 Å². The van der Waals surface area contributed by atoms with Gasteiger partial charge in [-0.25, -0.2) is 8.78 Å². The molecule has 1 aromatic rings. The molecule has 0 radical (unpaired) electrons. The number of hydrogen-bond donors (Lipinski definition) is 2. The van der Waals surface area contributed by atoms with E-state index in [1.54, 1.807) is 4.90 Å². The van der Waals surface area contributed by atoms with Crippen LogP contribution in [0.15, 0.2) is 12.1 Å². The van der Waals surface area contributed by atoms with Gasteiger partial charge in [-0.3, -0.25) is 5.41 Å². The normalized spacial score (nSPS) is 14.6. The van der Waals surface area contributed by atoms with Crippen molar-refractivity contribution in [2.24, 2.45) is 5.73 Å². The van der Waals surface area contributed by atoms with Crippen LogP contribution in [0.1, 0.15) is 31.7 Å². The number of hydrogen-bond acceptors (Lipinski definition) is 2. The monoisotopic (exact) mass is 253 g/mol. The van der Waals surface area contributed by atoms with E-state index in [9.17, 15) is 8.78 Å². The summed E-state index contributed by atoms with van der Waals surface area (Å²) in [4.78, 5) is 1.79. The molecule has 98 valence electrons. The van der Waals surface area contributed by atoms with Gasteiger partial charge in [0.25, 0.3) is 0 Å². The maximum atomic E-state index is 14.0. The third-order valence-corrected chi connectivity index (χ3v) is 3.07. The molecule has 0 aliphatic heterocycles. The zero-order valence-corrected chi connectivity index (χ0v) is 10.3. The number of halogens is 2. The van der Waals surface area contributed by atoms with Crippen molar-refractivity contribution in [1.82, 2.24) is 0 Å². The molecule has 0 spiro atoms. The number of amidine groups is 1.